The minimum atomic E-state index is -3.97. The van der Waals surface area contributed by atoms with E-state index in [9.17, 15) is 27.6 Å². The molecule has 3 rings (SSSR count). The standard InChI is InChI=1S/C42H58N4O13S/c47-39(43-22-24-55-27-29-58-32-41(50)51)31-57-28-26-56-25-23-44-42(52)34-14-21-38(45-30-34)46-60(53,54)37-19-17-36(18-20-37)59-35-15-12-33(13-16-35)10-8-6-4-2-1-3-5-7-9-11-40(48)49/h12-21,30H,1-11,22-29,31-32H2,(H,43,47)(H,44,52)(H,45,46)(H,48,49)(H,50,51). The number of hydrogen-bond acceptors (Lipinski definition) is 12. The summed E-state index contributed by atoms with van der Waals surface area (Å²) < 4.78 is 55.0. The molecule has 0 unspecified atom stereocenters. The number of carbonyl (C=O) groups is 4. The van der Waals surface area contributed by atoms with Crippen molar-refractivity contribution in [3.8, 4) is 11.5 Å². The summed E-state index contributed by atoms with van der Waals surface area (Å²) in [5.41, 5.74) is 1.45. The number of unbranched alkanes of at least 4 members (excludes halogenated alkanes) is 8. The molecule has 0 radical (unpaired) electrons. The van der Waals surface area contributed by atoms with Gasteiger partial charge in [0.25, 0.3) is 15.9 Å². The van der Waals surface area contributed by atoms with Crippen LogP contribution in [0.3, 0.4) is 0 Å². The number of carboxylic acids is 2. The first-order valence-corrected chi connectivity index (χ1v) is 21.7. The van der Waals surface area contributed by atoms with Crippen molar-refractivity contribution in [2.45, 2.75) is 75.5 Å². The highest BCUT2D eigenvalue weighted by atomic mass is 32.2. The average Bonchev–Trinajstić information content (AvgIpc) is 3.22. The summed E-state index contributed by atoms with van der Waals surface area (Å²) in [6, 6.07) is 16.7. The quantitative estimate of drug-likeness (QED) is 0.0486. The van der Waals surface area contributed by atoms with Gasteiger partial charge in [0.05, 0.1) is 50.1 Å². The largest absolute Gasteiger partial charge is 0.481 e. The van der Waals surface area contributed by atoms with Crippen molar-refractivity contribution in [2.24, 2.45) is 0 Å². The first-order valence-electron chi connectivity index (χ1n) is 20.2. The highest BCUT2D eigenvalue weighted by Gasteiger charge is 2.16. The zero-order valence-electron chi connectivity index (χ0n) is 33.9. The number of nitrogens with zero attached hydrogens (tertiary/aromatic N) is 1. The molecule has 0 saturated heterocycles. The highest BCUT2D eigenvalue weighted by Crippen LogP contribution is 2.25. The van der Waals surface area contributed by atoms with Crippen LogP contribution in [0.15, 0.2) is 71.8 Å². The maximum atomic E-state index is 13.0. The van der Waals surface area contributed by atoms with E-state index in [1.54, 1.807) is 12.1 Å². The molecule has 0 atom stereocenters. The van der Waals surface area contributed by atoms with Crippen LogP contribution in [0.25, 0.3) is 0 Å². The van der Waals surface area contributed by atoms with Gasteiger partial charge in [0, 0.05) is 25.7 Å². The summed E-state index contributed by atoms with van der Waals surface area (Å²) in [4.78, 5) is 49.2. The zero-order chi connectivity index (χ0) is 43.3. The normalized spacial score (nSPS) is 11.2. The fourth-order valence-electron chi connectivity index (χ4n) is 5.59. The Morgan fingerprint density at radius 1 is 0.583 bits per heavy atom. The van der Waals surface area contributed by atoms with E-state index in [2.05, 4.69) is 20.3 Å². The molecule has 0 fully saturated rings. The number of anilines is 1. The topological polar surface area (TPSA) is 238 Å². The van der Waals surface area contributed by atoms with Crippen LogP contribution in [-0.2, 0) is 49.8 Å². The molecule has 0 spiro atoms. The number of nitrogens with one attached hydrogen (secondary N) is 3. The van der Waals surface area contributed by atoms with E-state index < -0.39 is 34.5 Å². The Hall–Kier alpha value is -5.14. The number of hydrogen-bond donors (Lipinski definition) is 5. The lowest BCUT2D eigenvalue weighted by molar-refractivity contribution is -0.143. The number of aliphatic carboxylic acids is 2. The molecule has 1 aromatic heterocycles. The lowest BCUT2D eigenvalue weighted by Gasteiger charge is -2.10. The Bertz CT molecular complexity index is 1810. The molecule has 2 amide bonds. The predicted octanol–water partition coefficient (Wildman–Crippen LogP) is 5.20. The third kappa shape index (κ3) is 22.3. The molecule has 18 heteroatoms. The van der Waals surface area contributed by atoms with E-state index in [-0.39, 0.29) is 87.9 Å². The number of aryl methyl sites for hydroxylation is 1. The van der Waals surface area contributed by atoms with Gasteiger partial charge in [-0.1, -0.05) is 57.1 Å². The molecule has 0 bridgehead atoms. The monoisotopic (exact) mass is 858 g/mol. The van der Waals surface area contributed by atoms with E-state index in [0.717, 1.165) is 32.1 Å². The zero-order valence-corrected chi connectivity index (χ0v) is 34.8. The fraction of sp³-hybridized carbons (Fsp3) is 0.500. The second-order valence-electron chi connectivity index (χ2n) is 13.7. The number of carbonyl (C=O) groups excluding carboxylic acids is 2. The Balaban J connectivity index is 1.24. The van der Waals surface area contributed by atoms with Crippen molar-refractivity contribution < 1.29 is 61.5 Å². The third-order valence-electron chi connectivity index (χ3n) is 8.72. The summed E-state index contributed by atoms with van der Waals surface area (Å²) in [7, 11) is -3.97. The van der Waals surface area contributed by atoms with Crippen LogP contribution in [-0.4, -0.2) is 113 Å². The summed E-state index contributed by atoms with van der Waals surface area (Å²) in [6.07, 6.45) is 12.4. The number of rotatable bonds is 34. The van der Waals surface area contributed by atoms with Crippen LogP contribution in [0.5, 0.6) is 11.5 Å². The first-order chi connectivity index (χ1) is 29.0. The molecule has 5 N–H and O–H groups in total. The minimum Gasteiger partial charge on any atom is -0.481 e. The molecule has 0 saturated carbocycles. The van der Waals surface area contributed by atoms with E-state index in [0.29, 0.717) is 11.5 Å². The minimum absolute atomic E-state index is 0.0132. The van der Waals surface area contributed by atoms with Crippen LogP contribution >= 0.6 is 0 Å². The lowest BCUT2D eigenvalue weighted by Crippen LogP contribution is -2.31. The van der Waals surface area contributed by atoms with Crippen molar-refractivity contribution >= 4 is 39.6 Å². The number of sulfonamides is 1. The van der Waals surface area contributed by atoms with Gasteiger partial charge in [0.1, 0.15) is 30.5 Å². The number of amides is 2. The second-order valence-corrected chi connectivity index (χ2v) is 15.3. The van der Waals surface area contributed by atoms with Crippen molar-refractivity contribution in [3.05, 3.63) is 78.0 Å². The lowest BCUT2D eigenvalue weighted by atomic mass is 10.0. The molecule has 330 valence electrons. The summed E-state index contributed by atoms with van der Waals surface area (Å²) in [6.45, 7) is 1.06. The number of carboxylic acid groups (broad SMARTS) is 2. The van der Waals surface area contributed by atoms with Gasteiger partial charge in [0.2, 0.25) is 5.91 Å². The molecule has 17 nitrogen and oxygen atoms in total. The van der Waals surface area contributed by atoms with Crippen LogP contribution < -0.4 is 20.1 Å². The van der Waals surface area contributed by atoms with Gasteiger partial charge in [-0.3, -0.25) is 19.1 Å². The van der Waals surface area contributed by atoms with Crippen LogP contribution in [0.1, 0.15) is 80.1 Å². The Morgan fingerprint density at radius 2 is 1.13 bits per heavy atom. The molecule has 60 heavy (non-hydrogen) atoms. The van der Waals surface area contributed by atoms with Gasteiger partial charge in [-0.2, -0.15) is 0 Å². The molecule has 3 aromatic rings. The molecule has 0 aliphatic heterocycles. The van der Waals surface area contributed by atoms with Gasteiger partial charge >= 0.3 is 11.9 Å². The summed E-state index contributed by atoms with van der Waals surface area (Å²) in [5.74, 6) is -1.36. The summed E-state index contributed by atoms with van der Waals surface area (Å²) >= 11 is 0. The maximum absolute atomic E-state index is 13.0. The number of ether oxygens (including phenoxy) is 5. The SMILES string of the molecule is O=C(O)CCCCCCCCCCCc1ccc(Oc2ccc(S(=O)(=O)Nc3ccc(C(=O)NCCOCCOCC(=O)NCCOCCOCC(=O)O)cn3)cc2)cc1. The molecular formula is C42H58N4O13S. The van der Waals surface area contributed by atoms with E-state index in [1.807, 2.05) is 24.3 Å². The Labute approximate surface area is 351 Å². The van der Waals surface area contributed by atoms with Crippen molar-refractivity contribution in [3.63, 3.8) is 0 Å². The Morgan fingerprint density at radius 3 is 1.72 bits per heavy atom. The van der Waals surface area contributed by atoms with Crippen LogP contribution in [0.4, 0.5) is 5.82 Å². The fourth-order valence-corrected chi connectivity index (χ4v) is 6.60. The highest BCUT2D eigenvalue weighted by molar-refractivity contribution is 7.92. The van der Waals surface area contributed by atoms with Crippen molar-refractivity contribution in [2.75, 3.05) is 70.7 Å². The van der Waals surface area contributed by atoms with Gasteiger partial charge in [-0.25, -0.2) is 18.2 Å². The van der Waals surface area contributed by atoms with Gasteiger partial charge in [-0.05, 0) is 73.4 Å². The molecule has 0 aliphatic rings. The summed E-state index contributed by atoms with van der Waals surface area (Å²) in [5, 5.41) is 22.4. The smallest absolute Gasteiger partial charge is 0.329 e. The third-order valence-corrected chi connectivity index (χ3v) is 10.1. The van der Waals surface area contributed by atoms with E-state index in [4.69, 9.17) is 33.9 Å². The van der Waals surface area contributed by atoms with Gasteiger partial charge in [0.15, 0.2) is 0 Å². The van der Waals surface area contributed by atoms with Crippen LogP contribution in [0, 0.1) is 0 Å². The first kappa shape index (κ1) is 49.2. The number of benzene rings is 2. The van der Waals surface area contributed by atoms with E-state index in [1.165, 1.54) is 68.1 Å². The average molecular weight is 859 g/mol. The molecular weight excluding hydrogens is 801 g/mol. The van der Waals surface area contributed by atoms with Crippen molar-refractivity contribution in [1.82, 2.24) is 15.6 Å². The van der Waals surface area contributed by atoms with Gasteiger partial charge < -0.3 is 44.5 Å². The number of pyridine rings is 1. The van der Waals surface area contributed by atoms with E-state index >= 15 is 0 Å². The van der Waals surface area contributed by atoms with Gasteiger partial charge in [-0.15, -0.1) is 0 Å². The molecule has 0 aliphatic carbocycles. The maximum Gasteiger partial charge on any atom is 0.329 e. The molecule has 2 aromatic carbocycles. The Kier molecular flexibility index (Phi) is 23.9. The van der Waals surface area contributed by atoms with Crippen LogP contribution in [0.2, 0.25) is 0 Å². The second kappa shape index (κ2) is 29.1. The predicted molar refractivity (Wildman–Crippen MR) is 222 cm³/mol. The molecule has 1 heterocycles. The van der Waals surface area contributed by atoms with Crippen molar-refractivity contribution in [1.29, 1.82) is 0 Å². The number of aromatic nitrogens is 1.